The van der Waals surface area contributed by atoms with Gasteiger partial charge in [0, 0.05) is 19.3 Å². The van der Waals surface area contributed by atoms with Crippen LogP contribution in [0.1, 0.15) is 226 Å². The maximum absolute atomic E-state index is 12.8. The van der Waals surface area contributed by atoms with Gasteiger partial charge in [-0.15, -0.1) is 0 Å². The lowest BCUT2D eigenvalue weighted by Crippen LogP contribution is -2.30. The molecule has 0 saturated carbocycles. The molecule has 0 saturated heterocycles. The number of carbonyl (C=O) groups excluding carboxylic acids is 3. The minimum atomic E-state index is -0.788. The molecule has 0 aliphatic heterocycles. The minimum Gasteiger partial charge on any atom is -0.462 e. The van der Waals surface area contributed by atoms with Crippen LogP contribution in [0.2, 0.25) is 0 Å². The first kappa shape index (κ1) is 55.9. The molecule has 0 heterocycles. The Labute approximate surface area is 363 Å². The van der Waals surface area contributed by atoms with Crippen molar-refractivity contribution < 1.29 is 28.6 Å². The molecule has 0 aromatic carbocycles. The maximum atomic E-state index is 12.8. The Morgan fingerprint density at radius 1 is 0.356 bits per heavy atom. The van der Waals surface area contributed by atoms with E-state index in [1.807, 2.05) is 0 Å². The van der Waals surface area contributed by atoms with Gasteiger partial charge in [-0.25, -0.2) is 0 Å². The molecule has 0 N–H and O–H groups in total. The Hall–Kier alpha value is -3.15. The lowest BCUT2D eigenvalue weighted by atomic mass is 10.1. The molecule has 0 unspecified atom stereocenters. The predicted octanol–water partition coefficient (Wildman–Crippen LogP) is 15.9. The van der Waals surface area contributed by atoms with Gasteiger partial charge in [0.25, 0.3) is 0 Å². The standard InChI is InChI=1S/C53H90O6/c1-4-7-10-13-16-19-22-24-26-28-31-34-37-40-43-46-52(55)58-49-50(48-57-51(54)45-42-39-36-33-30-21-18-15-12-9-6-3)59-53(56)47-44-41-38-35-32-29-27-25-23-20-17-14-11-8-5-2/h7-8,10-11,16-17,19-20,24-27,50H,4-6,9,12-15,18,21-23,28-49H2,1-3H3/b10-7-,11-8-,19-16-,20-17-,26-24-,27-25-/t50-/m1/s1. The van der Waals surface area contributed by atoms with Crippen LogP contribution in [0.4, 0.5) is 0 Å². The lowest BCUT2D eigenvalue weighted by Gasteiger charge is -2.18. The molecule has 0 aliphatic rings. The summed E-state index contributed by atoms with van der Waals surface area (Å²) in [6.07, 6.45) is 58.8. The highest BCUT2D eigenvalue weighted by atomic mass is 16.6. The maximum Gasteiger partial charge on any atom is 0.306 e. The van der Waals surface area contributed by atoms with Gasteiger partial charge < -0.3 is 14.2 Å². The van der Waals surface area contributed by atoms with Crippen molar-refractivity contribution in [2.24, 2.45) is 0 Å². The van der Waals surface area contributed by atoms with Gasteiger partial charge in [-0.1, -0.05) is 196 Å². The van der Waals surface area contributed by atoms with Crippen LogP contribution in [0, 0.1) is 0 Å². The molecule has 0 fully saturated rings. The molecule has 59 heavy (non-hydrogen) atoms. The van der Waals surface area contributed by atoms with Gasteiger partial charge in [-0.2, -0.15) is 0 Å². The van der Waals surface area contributed by atoms with Crippen molar-refractivity contribution in [2.75, 3.05) is 13.2 Å². The summed E-state index contributed by atoms with van der Waals surface area (Å²) in [6.45, 7) is 6.37. The molecular formula is C53H90O6. The summed E-state index contributed by atoms with van der Waals surface area (Å²) in [5, 5.41) is 0. The SMILES string of the molecule is CC/C=C\C/C=C\C/C=C\CCCCCCCC(=O)OC[C@@H](COC(=O)CCCCCCCCCCCCC)OC(=O)CCCCCCC/C=C\C/C=C\C/C=C\CC. The van der Waals surface area contributed by atoms with E-state index in [2.05, 4.69) is 93.7 Å². The van der Waals surface area contributed by atoms with Gasteiger partial charge in [0.2, 0.25) is 0 Å². The predicted molar refractivity (Wildman–Crippen MR) is 251 cm³/mol. The summed E-state index contributed by atoms with van der Waals surface area (Å²) in [4.78, 5) is 37.9. The Morgan fingerprint density at radius 3 is 1.03 bits per heavy atom. The highest BCUT2D eigenvalue weighted by molar-refractivity contribution is 5.71. The molecule has 0 spiro atoms. The van der Waals surface area contributed by atoms with E-state index in [4.69, 9.17) is 14.2 Å². The highest BCUT2D eigenvalue weighted by Crippen LogP contribution is 2.14. The van der Waals surface area contributed by atoms with E-state index >= 15 is 0 Å². The smallest absolute Gasteiger partial charge is 0.306 e. The normalized spacial score (nSPS) is 12.7. The molecule has 0 rings (SSSR count). The Bertz CT molecular complexity index is 1130. The van der Waals surface area contributed by atoms with Gasteiger partial charge in [-0.05, 0) is 83.5 Å². The average molecular weight is 823 g/mol. The minimum absolute atomic E-state index is 0.0872. The molecule has 6 nitrogen and oxygen atoms in total. The van der Waals surface area contributed by atoms with Gasteiger partial charge in [0.15, 0.2) is 6.10 Å². The van der Waals surface area contributed by atoms with Crippen LogP contribution in [0.25, 0.3) is 0 Å². The van der Waals surface area contributed by atoms with Crippen molar-refractivity contribution >= 4 is 17.9 Å². The van der Waals surface area contributed by atoms with Gasteiger partial charge in [0.1, 0.15) is 13.2 Å². The van der Waals surface area contributed by atoms with Crippen molar-refractivity contribution in [1.82, 2.24) is 0 Å². The van der Waals surface area contributed by atoms with Crippen LogP contribution >= 0.6 is 0 Å². The number of allylic oxidation sites excluding steroid dienone is 12. The zero-order valence-electron chi connectivity index (χ0n) is 38.5. The quantitative estimate of drug-likeness (QED) is 0.0264. The number of ether oxygens (including phenoxy) is 3. The molecule has 338 valence electrons. The first-order valence-electron chi connectivity index (χ1n) is 24.4. The molecule has 1 atom stereocenters. The monoisotopic (exact) mass is 823 g/mol. The molecule has 0 aromatic heterocycles. The van der Waals surface area contributed by atoms with E-state index in [9.17, 15) is 14.4 Å². The summed E-state index contributed by atoms with van der Waals surface area (Å²) in [7, 11) is 0. The topological polar surface area (TPSA) is 78.9 Å². The Morgan fingerprint density at radius 2 is 0.661 bits per heavy atom. The first-order valence-corrected chi connectivity index (χ1v) is 24.4. The van der Waals surface area contributed by atoms with Crippen LogP contribution in [0.5, 0.6) is 0 Å². The third kappa shape index (κ3) is 45.8. The van der Waals surface area contributed by atoms with E-state index in [1.165, 1.54) is 51.4 Å². The van der Waals surface area contributed by atoms with Crippen molar-refractivity contribution in [3.05, 3.63) is 72.9 Å². The second-order valence-electron chi connectivity index (χ2n) is 16.0. The number of hydrogen-bond donors (Lipinski definition) is 0. The third-order valence-corrected chi connectivity index (χ3v) is 10.2. The molecule has 0 amide bonds. The van der Waals surface area contributed by atoms with Gasteiger partial charge in [0.05, 0.1) is 0 Å². The Balaban J connectivity index is 4.43. The third-order valence-electron chi connectivity index (χ3n) is 10.2. The van der Waals surface area contributed by atoms with Gasteiger partial charge in [-0.3, -0.25) is 14.4 Å². The van der Waals surface area contributed by atoms with Crippen LogP contribution < -0.4 is 0 Å². The molecular weight excluding hydrogens is 733 g/mol. The van der Waals surface area contributed by atoms with Crippen LogP contribution in [-0.2, 0) is 28.6 Å². The largest absolute Gasteiger partial charge is 0.462 e. The van der Waals surface area contributed by atoms with E-state index in [0.29, 0.717) is 19.3 Å². The van der Waals surface area contributed by atoms with E-state index in [0.717, 1.165) is 135 Å². The van der Waals surface area contributed by atoms with Crippen molar-refractivity contribution in [3.63, 3.8) is 0 Å². The van der Waals surface area contributed by atoms with Crippen molar-refractivity contribution in [1.29, 1.82) is 0 Å². The number of esters is 3. The molecule has 0 bridgehead atoms. The molecule has 0 aliphatic carbocycles. The fourth-order valence-corrected chi connectivity index (χ4v) is 6.59. The number of rotatable bonds is 43. The zero-order valence-corrected chi connectivity index (χ0v) is 38.5. The average Bonchev–Trinajstić information content (AvgIpc) is 3.23. The summed E-state index contributed by atoms with van der Waals surface area (Å²) in [5.74, 6) is -0.923. The van der Waals surface area contributed by atoms with E-state index in [1.54, 1.807) is 0 Å². The summed E-state index contributed by atoms with van der Waals surface area (Å²) in [5.41, 5.74) is 0. The lowest BCUT2D eigenvalue weighted by molar-refractivity contribution is -0.167. The van der Waals surface area contributed by atoms with E-state index < -0.39 is 6.10 Å². The first-order chi connectivity index (χ1) is 29.0. The van der Waals surface area contributed by atoms with Crippen LogP contribution in [-0.4, -0.2) is 37.2 Å². The fourth-order valence-electron chi connectivity index (χ4n) is 6.59. The number of unbranched alkanes of at least 4 members (excludes halogenated alkanes) is 20. The van der Waals surface area contributed by atoms with Gasteiger partial charge >= 0.3 is 17.9 Å². The molecule has 0 aromatic rings. The second kappa shape index (κ2) is 47.5. The second-order valence-corrected chi connectivity index (χ2v) is 16.0. The number of hydrogen-bond acceptors (Lipinski definition) is 6. The summed E-state index contributed by atoms with van der Waals surface area (Å²) < 4.78 is 16.7. The number of carbonyl (C=O) groups is 3. The van der Waals surface area contributed by atoms with Crippen LogP contribution in [0.3, 0.4) is 0 Å². The van der Waals surface area contributed by atoms with Crippen molar-refractivity contribution in [2.45, 2.75) is 232 Å². The van der Waals surface area contributed by atoms with Crippen LogP contribution in [0.15, 0.2) is 72.9 Å². The van der Waals surface area contributed by atoms with E-state index in [-0.39, 0.29) is 31.1 Å². The summed E-state index contributed by atoms with van der Waals surface area (Å²) in [6, 6.07) is 0. The highest BCUT2D eigenvalue weighted by Gasteiger charge is 2.19. The summed E-state index contributed by atoms with van der Waals surface area (Å²) >= 11 is 0. The zero-order chi connectivity index (χ0) is 43.0. The molecule has 6 heteroatoms. The Kier molecular flexibility index (Phi) is 45.0. The molecule has 0 radical (unpaired) electrons. The van der Waals surface area contributed by atoms with Crippen molar-refractivity contribution in [3.8, 4) is 0 Å². The fraction of sp³-hybridized carbons (Fsp3) is 0.717.